The zero-order valence-corrected chi connectivity index (χ0v) is 10.2. The lowest BCUT2D eigenvalue weighted by Gasteiger charge is -2.10. The maximum Gasteiger partial charge on any atom is 0.124 e. The number of nitrogens with two attached hydrogens (primary N) is 1. The van der Waals surface area contributed by atoms with Crippen LogP contribution >= 0.6 is 12.2 Å². The van der Waals surface area contributed by atoms with Crippen LogP contribution in [-0.2, 0) is 6.54 Å². The third-order valence-corrected chi connectivity index (χ3v) is 2.57. The summed E-state index contributed by atoms with van der Waals surface area (Å²) in [6.07, 6.45) is 3.12. The molecule has 2 aromatic rings. The van der Waals surface area contributed by atoms with E-state index in [9.17, 15) is 4.39 Å². The maximum absolute atomic E-state index is 13.1. The number of nitrogens with zero attached hydrogens (tertiary/aromatic N) is 2. The highest BCUT2D eigenvalue weighted by molar-refractivity contribution is 7.80. The van der Waals surface area contributed by atoms with Crippen molar-refractivity contribution in [2.75, 3.05) is 5.32 Å². The highest BCUT2D eigenvalue weighted by Crippen LogP contribution is 2.17. The number of thiocarbonyl (C=S) groups is 1. The predicted molar refractivity (Wildman–Crippen MR) is 71.6 cm³/mol. The molecule has 1 heterocycles. The van der Waals surface area contributed by atoms with Crippen LogP contribution in [0.25, 0.3) is 0 Å². The molecule has 0 saturated carbocycles. The number of rotatable bonds is 4. The summed E-state index contributed by atoms with van der Waals surface area (Å²) >= 11 is 4.89. The van der Waals surface area contributed by atoms with Gasteiger partial charge in [0.1, 0.15) is 17.1 Å². The Morgan fingerprint density at radius 1 is 1.39 bits per heavy atom. The van der Waals surface area contributed by atoms with Gasteiger partial charge in [0.15, 0.2) is 0 Å². The van der Waals surface area contributed by atoms with Crippen molar-refractivity contribution in [3.8, 4) is 0 Å². The summed E-state index contributed by atoms with van der Waals surface area (Å²) in [5.74, 6) is -0.370. The van der Waals surface area contributed by atoms with Crippen LogP contribution in [0.15, 0.2) is 36.8 Å². The molecule has 92 valence electrons. The van der Waals surface area contributed by atoms with Crippen molar-refractivity contribution in [2.24, 2.45) is 5.73 Å². The van der Waals surface area contributed by atoms with Gasteiger partial charge in [-0.1, -0.05) is 12.2 Å². The fourth-order valence-corrected chi connectivity index (χ4v) is 1.65. The van der Waals surface area contributed by atoms with E-state index in [0.717, 1.165) is 5.69 Å². The molecule has 6 heteroatoms. The second kappa shape index (κ2) is 5.50. The van der Waals surface area contributed by atoms with Gasteiger partial charge in [0.2, 0.25) is 0 Å². The van der Waals surface area contributed by atoms with Gasteiger partial charge in [0.25, 0.3) is 0 Å². The molecule has 0 bridgehead atoms. The Balaban J connectivity index is 2.17. The van der Waals surface area contributed by atoms with Gasteiger partial charge < -0.3 is 11.1 Å². The predicted octanol–water partition coefficient (Wildman–Crippen LogP) is 1.86. The standard InChI is InChI=1S/C12H11FN4S/c13-8-1-2-11(10(5-8)12(14)18)16-6-9-3-4-15-7-17-9/h1-5,7,16H,6H2,(H2,14,18). The third kappa shape index (κ3) is 2.98. The average Bonchev–Trinajstić information content (AvgIpc) is 2.38. The van der Waals surface area contributed by atoms with Crippen molar-refractivity contribution in [3.05, 3.63) is 53.9 Å². The smallest absolute Gasteiger partial charge is 0.124 e. The molecule has 0 radical (unpaired) electrons. The molecule has 0 saturated heterocycles. The lowest BCUT2D eigenvalue weighted by molar-refractivity contribution is 0.627. The van der Waals surface area contributed by atoms with Crippen molar-refractivity contribution in [2.45, 2.75) is 6.54 Å². The van der Waals surface area contributed by atoms with E-state index >= 15 is 0 Å². The van der Waals surface area contributed by atoms with Crippen LogP contribution in [0.5, 0.6) is 0 Å². The highest BCUT2D eigenvalue weighted by atomic mass is 32.1. The van der Waals surface area contributed by atoms with E-state index in [1.165, 1.54) is 18.5 Å². The fourth-order valence-electron chi connectivity index (χ4n) is 1.48. The van der Waals surface area contributed by atoms with E-state index in [4.69, 9.17) is 18.0 Å². The van der Waals surface area contributed by atoms with Gasteiger partial charge in [-0.25, -0.2) is 14.4 Å². The normalized spacial score (nSPS) is 10.1. The summed E-state index contributed by atoms with van der Waals surface area (Å²) in [4.78, 5) is 8.06. The second-order valence-corrected chi connectivity index (χ2v) is 4.05. The van der Waals surface area contributed by atoms with Gasteiger partial charge in [-0.2, -0.15) is 0 Å². The molecule has 1 aromatic heterocycles. The van der Waals surface area contributed by atoms with Crippen molar-refractivity contribution < 1.29 is 4.39 Å². The first-order valence-electron chi connectivity index (χ1n) is 5.25. The Bertz CT molecular complexity index is 559. The van der Waals surface area contributed by atoms with E-state index in [1.807, 2.05) is 0 Å². The SMILES string of the molecule is NC(=S)c1cc(F)ccc1NCc1ccncn1. The van der Waals surface area contributed by atoms with Crippen LogP contribution in [0, 0.1) is 5.82 Å². The van der Waals surface area contributed by atoms with Crippen LogP contribution in [0.2, 0.25) is 0 Å². The number of benzene rings is 1. The van der Waals surface area contributed by atoms with Crippen molar-refractivity contribution in [1.82, 2.24) is 9.97 Å². The topological polar surface area (TPSA) is 63.8 Å². The van der Waals surface area contributed by atoms with Crippen LogP contribution in [-0.4, -0.2) is 15.0 Å². The highest BCUT2D eigenvalue weighted by Gasteiger charge is 2.06. The number of hydrogen-bond donors (Lipinski definition) is 2. The largest absolute Gasteiger partial charge is 0.389 e. The molecule has 0 unspecified atom stereocenters. The minimum Gasteiger partial charge on any atom is -0.389 e. The minimum absolute atomic E-state index is 0.152. The van der Waals surface area contributed by atoms with E-state index in [1.54, 1.807) is 18.3 Å². The average molecular weight is 262 g/mol. The van der Waals surface area contributed by atoms with Crippen molar-refractivity contribution >= 4 is 22.9 Å². The summed E-state index contributed by atoms with van der Waals surface area (Å²) in [7, 11) is 0. The molecule has 0 aliphatic carbocycles. The summed E-state index contributed by atoms with van der Waals surface area (Å²) in [5.41, 5.74) is 7.54. The van der Waals surface area contributed by atoms with Crippen LogP contribution in [0.3, 0.4) is 0 Å². The van der Waals surface area contributed by atoms with Gasteiger partial charge >= 0.3 is 0 Å². The van der Waals surface area contributed by atoms with E-state index in [0.29, 0.717) is 17.8 Å². The zero-order chi connectivity index (χ0) is 13.0. The van der Waals surface area contributed by atoms with Gasteiger partial charge in [-0.05, 0) is 24.3 Å². The van der Waals surface area contributed by atoms with Gasteiger partial charge in [-0.15, -0.1) is 0 Å². The number of aromatic nitrogens is 2. The lowest BCUT2D eigenvalue weighted by Crippen LogP contribution is -2.14. The van der Waals surface area contributed by atoms with Crippen LogP contribution in [0.1, 0.15) is 11.3 Å². The Hall–Kier alpha value is -2.08. The van der Waals surface area contributed by atoms with E-state index in [2.05, 4.69) is 15.3 Å². The number of halogens is 1. The molecule has 0 amide bonds. The number of nitrogens with one attached hydrogen (secondary N) is 1. The fraction of sp³-hybridized carbons (Fsp3) is 0.0833. The molecule has 0 atom stereocenters. The van der Waals surface area contributed by atoms with Crippen LogP contribution in [0.4, 0.5) is 10.1 Å². The molecule has 0 aliphatic rings. The molecular weight excluding hydrogens is 251 g/mol. The molecule has 2 rings (SSSR count). The van der Waals surface area contributed by atoms with Gasteiger partial charge in [0.05, 0.1) is 12.2 Å². The number of anilines is 1. The first-order valence-corrected chi connectivity index (χ1v) is 5.66. The second-order valence-electron chi connectivity index (χ2n) is 3.61. The molecule has 1 aromatic carbocycles. The van der Waals surface area contributed by atoms with Gasteiger partial charge in [0, 0.05) is 17.4 Å². The maximum atomic E-state index is 13.1. The van der Waals surface area contributed by atoms with Crippen LogP contribution < -0.4 is 11.1 Å². The van der Waals surface area contributed by atoms with E-state index in [-0.39, 0.29) is 10.8 Å². The minimum atomic E-state index is -0.370. The molecular formula is C12H11FN4S. The molecule has 0 fully saturated rings. The summed E-state index contributed by atoms with van der Waals surface area (Å²) < 4.78 is 13.1. The molecule has 3 N–H and O–H groups in total. The summed E-state index contributed by atoms with van der Waals surface area (Å²) in [6, 6.07) is 6.05. The van der Waals surface area contributed by atoms with E-state index < -0.39 is 0 Å². The third-order valence-electron chi connectivity index (χ3n) is 2.35. The Morgan fingerprint density at radius 2 is 2.22 bits per heavy atom. The first-order chi connectivity index (χ1) is 8.66. The quantitative estimate of drug-likeness (QED) is 0.823. The van der Waals surface area contributed by atoms with Crippen molar-refractivity contribution in [1.29, 1.82) is 0 Å². The monoisotopic (exact) mass is 262 g/mol. The molecule has 4 nitrogen and oxygen atoms in total. The Kier molecular flexibility index (Phi) is 3.78. The molecule has 0 spiro atoms. The Morgan fingerprint density at radius 3 is 2.89 bits per heavy atom. The van der Waals surface area contributed by atoms with Gasteiger partial charge in [-0.3, -0.25) is 0 Å². The summed E-state index contributed by atoms with van der Waals surface area (Å²) in [5, 5.41) is 3.11. The molecule has 0 aliphatic heterocycles. The summed E-state index contributed by atoms with van der Waals surface area (Å²) in [6.45, 7) is 0.490. The first kappa shape index (κ1) is 12.4. The number of hydrogen-bond acceptors (Lipinski definition) is 4. The molecule has 18 heavy (non-hydrogen) atoms. The zero-order valence-electron chi connectivity index (χ0n) is 9.43. The van der Waals surface area contributed by atoms with Crippen molar-refractivity contribution in [3.63, 3.8) is 0 Å². The Labute approximate surface area is 109 Å². The lowest BCUT2D eigenvalue weighted by atomic mass is 10.1.